The predicted octanol–water partition coefficient (Wildman–Crippen LogP) is 5.80. The van der Waals surface area contributed by atoms with E-state index in [1.54, 1.807) is 30.5 Å². The van der Waals surface area contributed by atoms with Gasteiger partial charge in [0.05, 0.1) is 23.3 Å². The van der Waals surface area contributed by atoms with Crippen LogP contribution in [0.3, 0.4) is 0 Å². The zero-order valence-electron chi connectivity index (χ0n) is 23.4. The number of anilines is 2. The maximum atomic E-state index is 13.3. The number of hydrogen-bond acceptors (Lipinski definition) is 8. The number of benzene rings is 2. The van der Waals surface area contributed by atoms with E-state index in [9.17, 15) is 9.59 Å². The van der Waals surface area contributed by atoms with Crippen LogP contribution in [0.4, 0.5) is 16.5 Å². The lowest BCUT2D eigenvalue weighted by Gasteiger charge is -2.24. The van der Waals surface area contributed by atoms with E-state index in [1.165, 1.54) is 35.4 Å². The van der Waals surface area contributed by atoms with E-state index in [0.29, 0.717) is 22.3 Å². The number of carbonyl (C=O) groups excluding carboxylic acids is 2. The quantitative estimate of drug-likeness (QED) is 0.133. The highest BCUT2D eigenvalue weighted by molar-refractivity contribution is 7.15. The summed E-state index contributed by atoms with van der Waals surface area (Å²) in [5.41, 5.74) is 8.38. The van der Waals surface area contributed by atoms with E-state index < -0.39 is 5.91 Å². The largest absolute Gasteiger partial charge is 0.397 e. The molecule has 9 nitrogen and oxygen atoms in total. The molecule has 0 unspecified atom stereocenters. The van der Waals surface area contributed by atoms with Crippen molar-refractivity contribution < 1.29 is 9.59 Å². The Morgan fingerprint density at radius 1 is 1.12 bits per heavy atom. The molecule has 10 heteroatoms. The first kappa shape index (κ1) is 28.4. The van der Waals surface area contributed by atoms with Gasteiger partial charge in [-0.05, 0) is 48.9 Å². The molecule has 1 aliphatic heterocycles. The van der Waals surface area contributed by atoms with Crippen molar-refractivity contribution in [1.29, 1.82) is 0 Å². The molecular weight excluding hydrogens is 534 g/mol. The van der Waals surface area contributed by atoms with Crippen molar-refractivity contribution in [2.45, 2.75) is 46.1 Å². The molecule has 0 radical (unpaired) electrons. The predicted molar refractivity (Wildman–Crippen MR) is 166 cm³/mol. The van der Waals surface area contributed by atoms with Gasteiger partial charge in [-0.15, -0.1) is 11.3 Å². The van der Waals surface area contributed by atoms with Gasteiger partial charge in [-0.3, -0.25) is 24.8 Å². The summed E-state index contributed by atoms with van der Waals surface area (Å²) in [6, 6.07) is 14.4. The van der Waals surface area contributed by atoms with Crippen molar-refractivity contribution >= 4 is 56.8 Å². The van der Waals surface area contributed by atoms with Crippen molar-refractivity contribution in [1.82, 2.24) is 20.2 Å². The standard InChI is InChI=1S/C31H35N7O2S/c1-3-20(4-2)17-38-14-8-13-25-27(18-38)41-31(36-25)37-29(39)23-11-7-12-24(32)28(23)34-19-35-30(40)26-15-21-9-5-6-10-22(21)16-33-26/h5-7,9-12,15-16,19-20H,3-4,8,13-14,17-18,32H2,1-2H3,(H,34,35,40)(H,36,37,39). The van der Waals surface area contributed by atoms with Gasteiger partial charge in [0.1, 0.15) is 11.4 Å². The molecule has 41 heavy (non-hydrogen) atoms. The molecule has 0 saturated carbocycles. The number of nitrogens with one attached hydrogen (secondary N) is 2. The molecule has 0 saturated heterocycles. The van der Waals surface area contributed by atoms with E-state index in [2.05, 4.69) is 39.4 Å². The summed E-state index contributed by atoms with van der Waals surface area (Å²) in [6.45, 7) is 7.52. The number of thiazole rings is 1. The van der Waals surface area contributed by atoms with Gasteiger partial charge in [0.2, 0.25) is 0 Å². The number of amides is 2. The average Bonchev–Trinajstić information content (AvgIpc) is 3.25. The first-order valence-electron chi connectivity index (χ1n) is 14.0. The van der Waals surface area contributed by atoms with Crippen LogP contribution in [0.5, 0.6) is 0 Å². The van der Waals surface area contributed by atoms with Crippen LogP contribution in [0.2, 0.25) is 0 Å². The number of hydrogen-bond donors (Lipinski definition) is 3. The van der Waals surface area contributed by atoms with Crippen LogP contribution in [0.25, 0.3) is 10.8 Å². The molecule has 0 atom stereocenters. The lowest BCUT2D eigenvalue weighted by Crippen LogP contribution is -2.28. The summed E-state index contributed by atoms with van der Waals surface area (Å²) in [5.74, 6) is -0.0768. The minimum Gasteiger partial charge on any atom is -0.397 e. The van der Waals surface area contributed by atoms with Crippen LogP contribution in [0.1, 0.15) is 64.5 Å². The van der Waals surface area contributed by atoms with Crippen molar-refractivity contribution in [3.63, 3.8) is 0 Å². The Kier molecular flexibility index (Phi) is 9.01. The van der Waals surface area contributed by atoms with Crippen LogP contribution in [0.15, 0.2) is 59.7 Å². The second kappa shape index (κ2) is 13.0. The van der Waals surface area contributed by atoms with Crippen molar-refractivity contribution in [2.24, 2.45) is 10.9 Å². The average molecular weight is 570 g/mol. The Balaban J connectivity index is 1.27. The number of aliphatic imine (C=N–C) groups is 1. The fourth-order valence-electron chi connectivity index (χ4n) is 5.07. The molecule has 4 N–H and O–H groups in total. The van der Waals surface area contributed by atoms with Crippen molar-refractivity contribution in [3.05, 3.63) is 76.6 Å². The Labute approximate surface area is 243 Å². The van der Waals surface area contributed by atoms with E-state index >= 15 is 0 Å². The summed E-state index contributed by atoms with van der Waals surface area (Å²) >= 11 is 1.53. The van der Waals surface area contributed by atoms with Crippen molar-refractivity contribution in [3.8, 4) is 0 Å². The number of pyridine rings is 1. The van der Waals surface area contributed by atoms with Gasteiger partial charge < -0.3 is 11.1 Å². The third kappa shape index (κ3) is 6.78. The number of rotatable bonds is 9. The van der Waals surface area contributed by atoms with Gasteiger partial charge in [0.25, 0.3) is 11.8 Å². The molecule has 4 aromatic rings. The first-order valence-corrected chi connectivity index (χ1v) is 14.9. The second-order valence-electron chi connectivity index (χ2n) is 10.3. The Hall–Kier alpha value is -4.15. The molecule has 0 fully saturated rings. The normalized spacial score (nSPS) is 13.8. The van der Waals surface area contributed by atoms with Crippen LogP contribution in [-0.2, 0) is 13.0 Å². The number of nitrogens with zero attached hydrogens (tertiary/aromatic N) is 4. The minimum atomic E-state index is -0.414. The lowest BCUT2D eigenvalue weighted by atomic mass is 10.0. The molecule has 2 aromatic heterocycles. The lowest BCUT2D eigenvalue weighted by molar-refractivity contribution is 0.0973. The molecule has 0 aliphatic carbocycles. The number of fused-ring (bicyclic) bond motifs is 2. The summed E-state index contributed by atoms with van der Waals surface area (Å²) in [4.78, 5) is 43.0. The van der Waals surface area contributed by atoms with E-state index in [-0.39, 0.29) is 17.3 Å². The highest BCUT2D eigenvalue weighted by Crippen LogP contribution is 2.31. The molecular formula is C31H35N7O2S. The van der Waals surface area contributed by atoms with Crippen LogP contribution in [0, 0.1) is 5.92 Å². The highest BCUT2D eigenvalue weighted by Gasteiger charge is 2.22. The zero-order chi connectivity index (χ0) is 28.8. The second-order valence-corrected chi connectivity index (χ2v) is 11.3. The maximum Gasteiger partial charge on any atom is 0.274 e. The van der Waals surface area contributed by atoms with Gasteiger partial charge in [0, 0.05) is 29.5 Å². The summed E-state index contributed by atoms with van der Waals surface area (Å²) in [5, 5.41) is 7.99. The zero-order valence-corrected chi connectivity index (χ0v) is 24.2. The molecule has 0 bridgehead atoms. The first-order chi connectivity index (χ1) is 19.9. The molecule has 212 valence electrons. The van der Waals surface area contributed by atoms with E-state index in [1.807, 2.05) is 24.3 Å². The van der Waals surface area contributed by atoms with Crippen LogP contribution < -0.4 is 16.4 Å². The SMILES string of the molecule is CCC(CC)CN1CCCc2nc(NC(=O)c3cccc(N)c3N=CNC(=O)c3cc4ccccc4cn3)sc2C1. The summed E-state index contributed by atoms with van der Waals surface area (Å²) < 4.78 is 0. The van der Waals surface area contributed by atoms with Crippen LogP contribution >= 0.6 is 11.3 Å². The van der Waals surface area contributed by atoms with Gasteiger partial charge in [-0.1, -0.05) is 57.0 Å². The number of nitrogen functional groups attached to an aromatic ring is 1. The molecule has 5 rings (SSSR count). The van der Waals surface area contributed by atoms with Gasteiger partial charge in [0.15, 0.2) is 5.13 Å². The van der Waals surface area contributed by atoms with Gasteiger partial charge >= 0.3 is 0 Å². The number of carbonyl (C=O) groups is 2. The molecule has 1 aliphatic rings. The van der Waals surface area contributed by atoms with Crippen LogP contribution in [-0.4, -0.2) is 46.1 Å². The molecule has 3 heterocycles. The fraction of sp³-hybridized carbons (Fsp3) is 0.323. The summed E-state index contributed by atoms with van der Waals surface area (Å²) in [7, 11) is 0. The fourth-order valence-corrected chi connectivity index (χ4v) is 6.11. The Morgan fingerprint density at radius 3 is 2.73 bits per heavy atom. The topological polar surface area (TPSA) is 126 Å². The maximum absolute atomic E-state index is 13.3. The molecule has 2 amide bonds. The van der Waals surface area contributed by atoms with Crippen molar-refractivity contribution in [2.75, 3.05) is 24.1 Å². The number of para-hydroxylation sites is 1. The molecule has 2 aromatic carbocycles. The Morgan fingerprint density at radius 2 is 1.93 bits per heavy atom. The smallest absolute Gasteiger partial charge is 0.274 e. The van der Waals surface area contributed by atoms with Gasteiger partial charge in [-0.2, -0.15) is 0 Å². The van der Waals surface area contributed by atoms with E-state index in [0.717, 1.165) is 48.9 Å². The third-order valence-electron chi connectivity index (χ3n) is 7.49. The van der Waals surface area contributed by atoms with E-state index in [4.69, 9.17) is 10.7 Å². The monoisotopic (exact) mass is 569 g/mol. The third-order valence-corrected chi connectivity index (χ3v) is 8.49. The molecule has 0 spiro atoms. The number of nitrogens with two attached hydrogens (primary N) is 1. The highest BCUT2D eigenvalue weighted by atomic mass is 32.1. The number of aromatic nitrogens is 2. The minimum absolute atomic E-state index is 0.260. The Bertz CT molecular complexity index is 1580. The summed E-state index contributed by atoms with van der Waals surface area (Å²) in [6.07, 6.45) is 7.21. The number of aryl methyl sites for hydroxylation is 1. The van der Waals surface area contributed by atoms with Gasteiger partial charge in [-0.25, -0.2) is 9.98 Å².